The number of hydrogen-bond acceptors (Lipinski definition) is 3. The van der Waals surface area contributed by atoms with E-state index in [0.29, 0.717) is 16.4 Å². The van der Waals surface area contributed by atoms with Crippen molar-refractivity contribution in [1.29, 1.82) is 5.26 Å². The lowest BCUT2D eigenvalue weighted by Gasteiger charge is -2.19. The van der Waals surface area contributed by atoms with Crippen molar-refractivity contribution >= 4 is 39.0 Å². The molecule has 0 saturated heterocycles. The van der Waals surface area contributed by atoms with Crippen LogP contribution in [-0.2, 0) is 0 Å². The molecule has 0 aliphatic carbocycles. The van der Waals surface area contributed by atoms with E-state index in [0.717, 1.165) is 10.2 Å². The molecule has 0 aliphatic heterocycles. The monoisotopic (exact) mass is 321 g/mol. The van der Waals surface area contributed by atoms with Crippen molar-refractivity contribution in [1.82, 2.24) is 4.98 Å². The average Bonchev–Trinajstić information content (AvgIpc) is 2.38. The van der Waals surface area contributed by atoms with Crippen LogP contribution in [0.15, 0.2) is 41.0 Å². The molecule has 0 N–H and O–H groups in total. The Labute approximate surface area is 119 Å². The molecule has 0 bridgehead atoms. The molecule has 2 aromatic rings. The molecule has 0 unspecified atom stereocenters. The van der Waals surface area contributed by atoms with Crippen LogP contribution in [0.1, 0.15) is 5.56 Å². The molecule has 18 heavy (non-hydrogen) atoms. The minimum atomic E-state index is 0.550. The van der Waals surface area contributed by atoms with E-state index < -0.39 is 0 Å². The fourth-order valence-electron chi connectivity index (χ4n) is 1.56. The van der Waals surface area contributed by atoms with Crippen LogP contribution in [0.2, 0.25) is 5.02 Å². The lowest BCUT2D eigenvalue weighted by Crippen LogP contribution is -2.11. The summed E-state index contributed by atoms with van der Waals surface area (Å²) in [6.07, 6.45) is 1.69. The van der Waals surface area contributed by atoms with E-state index in [2.05, 4.69) is 27.0 Å². The smallest absolute Gasteiger partial charge is 0.151 e. The highest BCUT2D eigenvalue weighted by molar-refractivity contribution is 9.10. The second kappa shape index (κ2) is 5.38. The molecule has 0 radical (unpaired) electrons. The van der Waals surface area contributed by atoms with Crippen molar-refractivity contribution in [2.24, 2.45) is 0 Å². The van der Waals surface area contributed by atoms with E-state index >= 15 is 0 Å². The maximum Gasteiger partial charge on any atom is 0.151 e. The van der Waals surface area contributed by atoms with Crippen LogP contribution >= 0.6 is 27.5 Å². The fraction of sp³-hybridized carbons (Fsp3) is 0.0769. The first kappa shape index (κ1) is 12.9. The maximum absolute atomic E-state index is 8.89. The summed E-state index contributed by atoms with van der Waals surface area (Å²) in [6, 6.07) is 11.2. The van der Waals surface area contributed by atoms with Gasteiger partial charge < -0.3 is 4.90 Å². The summed E-state index contributed by atoms with van der Waals surface area (Å²) in [5.41, 5.74) is 1.47. The quantitative estimate of drug-likeness (QED) is 0.834. The van der Waals surface area contributed by atoms with E-state index in [1.54, 1.807) is 24.4 Å². The topological polar surface area (TPSA) is 39.9 Å². The van der Waals surface area contributed by atoms with Gasteiger partial charge in [0.2, 0.25) is 0 Å². The normalized spacial score (nSPS) is 9.89. The third-order valence-corrected chi connectivity index (χ3v) is 3.18. The Morgan fingerprint density at radius 1 is 1.39 bits per heavy atom. The molecule has 0 saturated carbocycles. The highest BCUT2D eigenvalue weighted by Gasteiger charge is 2.10. The summed E-state index contributed by atoms with van der Waals surface area (Å²) in [5, 5.41) is 9.44. The van der Waals surface area contributed by atoms with Gasteiger partial charge in [0.05, 0.1) is 16.7 Å². The molecule has 90 valence electrons. The van der Waals surface area contributed by atoms with Gasteiger partial charge in [-0.2, -0.15) is 5.26 Å². The summed E-state index contributed by atoms with van der Waals surface area (Å²) in [7, 11) is 1.86. The number of anilines is 2. The van der Waals surface area contributed by atoms with Gasteiger partial charge in [-0.3, -0.25) is 0 Å². The second-order valence-corrected chi connectivity index (χ2v) is 5.00. The number of aromatic nitrogens is 1. The van der Waals surface area contributed by atoms with Crippen molar-refractivity contribution in [2.75, 3.05) is 11.9 Å². The van der Waals surface area contributed by atoms with E-state index in [1.165, 1.54) is 0 Å². The molecular formula is C13H9BrClN3. The first-order chi connectivity index (χ1) is 8.61. The Kier molecular flexibility index (Phi) is 3.85. The average molecular weight is 323 g/mol. The van der Waals surface area contributed by atoms with Crippen LogP contribution < -0.4 is 4.90 Å². The largest absolute Gasteiger partial charge is 0.328 e. The highest BCUT2D eigenvalue weighted by Crippen LogP contribution is 2.30. The molecule has 0 fully saturated rings. The predicted molar refractivity (Wildman–Crippen MR) is 76.2 cm³/mol. The van der Waals surface area contributed by atoms with Gasteiger partial charge >= 0.3 is 0 Å². The third-order valence-electron chi connectivity index (χ3n) is 2.47. The SMILES string of the molecule is CN(c1cccc(C#N)c1)c1ncc(Br)cc1Cl. The molecule has 1 heterocycles. The number of hydrogen-bond donors (Lipinski definition) is 0. The van der Waals surface area contributed by atoms with Gasteiger partial charge in [0, 0.05) is 23.4 Å². The Balaban J connectivity index is 2.41. The van der Waals surface area contributed by atoms with Gasteiger partial charge in [0.1, 0.15) is 0 Å². The van der Waals surface area contributed by atoms with Crippen molar-refractivity contribution < 1.29 is 0 Å². The molecule has 3 nitrogen and oxygen atoms in total. The highest BCUT2D eigenvalue weighted by atomic mass is 79.9. The van der Waals surface area contributed by atoms with Gasteiger partial charge in [-0.15, -0.1) is 0 Å². The molecule has 0 atom stereocenters. The lowest BCUT2D eigenvalue weighted by molar-refractivity contribution is 1.12. The van der Waals surface area contributed by atoms with Crippen molar-refractivity contribution in [2.45, 2.75) is 0 Å². The molecular weight excluding hydrogens is 314 g/mol. The van der Waals surface area contributed by atoms with E-state index in [1.807, 2.05) is 24.1 Å². The summed E-state index contributed by atoms with van der Waals surface area (Å²) in [4.78, 5) is 6.12. The Morgan fingerprint density at radius 3 is 2.83 bits per heavy atom. The fourth-order valence-corrected chi connectivity index (χ4v) is 2.32. The van der Waals surface area contributed by atoms with Crippen LogP contribution in [0.25, 0.3) is 0 Å². The van der Waals surface area contributed by atoms with Crippen molar-refractivity contribution in [3.8, 4) is 6.07 Å². The van der Waals surface area contributed by atoms with Crippen molar-refractivity contribution in [3.05, 3.63) is 51.6 Å². The Morgan fingerprint density at radius 2 is 2.17 bits per heavy atom. The minimum absolute atomic E-state index is 0.550. The minimum Gasteiger partial charge on any atom is -0.328 e. The van der Waals surface area contributed by atoms with Gasteiger partial charge in [-0.1, -0.05) is 17.7 Å². The molecule has 5 heteroatoms. The second-order valence-electron chi connectivity index (χ2n) is 3.68. The van der Waals surface area contributed by atoms with Crippen LogP contribution in [-0.4, -0.2) is 12.0 Å². The number of nitrogens with zero attached hydrogens (tertiary/aromatic N) is 3. The van der Waals surface area contributed by atoms with E-state index in [9.17, 15) is 0 Å². The third kappa shape index (κ3) is 2.63. The summed E-state index contributed by atoms with van der Waals surface area (Å²) in [6.45, 7) is 0. The number of rotatable bonds is 2. The number of halogens is 2. The van der Waals surface area contributed by atoms with Gasteiger partial charge in [-0.25, -0.2) is 4.98 Å². The summed E-state index contributed by atoms with van der Waals surface area (Å²) >= 11 is 9.46. The zero-order chi connectivity index (χ0) is 13.1. The van der Waals surface area contributed by atoms with Crippen LogP contribution in [0, 0.1) is 11.3 Å². The zero-order valence-electron chi connectivity index (χ0n) is 9.56. The van der Waals surface area contributed by atoms with Crippen molar-refractivity contribution in [3.63, 3.8) is 0 Å². The maximum atomic E-state index is 8.89. The number of pyridine rings is 1. The zero-order valence-corrected chi connectivity index (χ0v) is 11.9. The van der Waals surface area contributed by atoms with E-state index in [4.69, 9.17) is 16.9 Å². The summed E-state index contributed by atoms with van der Waals surface area (Å²) in [5.74, 6) is 0.648. The standard InChI is InChI=1S/C13H9BrClN3/c1-18(11-4-2-3-9(5-11)7-16)13-12(15)6-10(14)8-17-13/h2-6,8H,1H3. The van der Waals surface area contributed by atoms with Gasteiger partial charge in [0.15, 0.2) is 5.82 Å². The lowest BCUT2D eigenvalue weighted by atomic mass is 10.2. The molecule has 0 spiro atoms. The number of nitriles is 1. The first-order valence-corrected chi connectivity index (χ1v) is 6.34. The molecule has 2 rings (SSSR count). The van der Waals surface area contributed by atoms with Crippen LogP contribution in [0.3, 0.4) is 0 Å². The predicted octanol–water partition coefficient (Wildman–Crippen LogP) is 4.14. The molecule has 0 amide bonds. The Hall–Kier alpha value is -1.57. The summed E-state index contributed by atoms with van der Waals surface area (Å²) < 4.78 is 0.829. The number of benzene rings is 1. The van der Waals surface area contributed by atoms with Gasteiger partial charge in [-0.05, 0) is 40.2 Å². The van der Waals surface area contributed by atoms with E-state index in [-0.39, 0.29) is 0 Å². The molecule has 1 aromatic carbocycles. The Bertz CT molecular complexity index is 622. The molecule has 0 aliphatic rings. The van der Waals surface area contributed by atoms with Crippen LogP contribution in [0.4, 0.5) is 11.5 Å². The van der Waals surface area contributed by atoms with Crippen LogP contribution in [0.5, 0.6) is 0 Å². The van der Waals surface area contributed by atoms with Gasteiger partial charge in [0.25, 0.3) is 0 Å². The molecule has 1 aromatic heterocycles. The first-order valence-electron chi connectivity index (χ1n) is 5.17.